The van der Waals surface area contributed by atoms with Crippen molar-refractivity contribution in [1.82, 2.24) is 0 Å². The summed E-state index contributed by atoms with van der Waals surface area (Å²) in [5.74, 6) is 0. The van der Waals surface area contributed by atoms with Crippen molar-refractivity contribution in [2.45, 2.75) is 62.6 Å². The molecule has 0 atom stereocenters. The van der Waals surface area contributed by atoms with E-state index in [1.54, 1.807) is 0 Å². The Balaban J connectivity index is 1.78. The summed E-state index contributed by atoms with van der Waals surface area (Å²) in [6, 6.07) is 0. The van der Waals surface area contributed by atoms with Crippen molar-refractivity contribution >= 4 is 0 Å². The van der Waals surface area contributed by atoms with Gasteiger partial charge in [-0.3, -0.25) is 0 Å². The molecule has 0 saturated heterocycles. The Hall–Kier alpha value is -0.110. The quantitative estimate of drug-likeness (QED) is 0.693. The molecule has 2 aliphatic carbocycles. The van der Waals surface area contributed by atoms with E-state index in [4.69, 9.17) is 5.73 Å². The van der Waals surface area contributed by atoms with Gasteiger partial charge in [0.15, 0.2) is 0 Å². The van der Waals surface area contributed by atoms with Gasteiger partial charge in [-0.15, -0.1) is 0 Å². The largest absolute Gasteiger partial charge is 0.325 e. The lowest BCUT2D eigenvalue weighted by atomic mass is 9.95. The monoisotopic (exact) mass is 171 g/mol. The van der Waals surface area contributed by atoms with Gasteiger partial charge in [-0.1, -0.05) is 12.8 Å². The highest BCUT2D eigenvalue weighted by molar-refractivity contribution is 5.00. The zero-order valence-electron chi connectivity index (χ0n) is 7.61. The van der Waals surface area contributed by atoms with Gasteiger partial charge in [0.05, 0.1) is 0 Å². The summed E-state index contributed by atoms with van der Waals surface area (Å²) in [5.41, 5.74) is 5.12. The van der Waals surface area contributed by atoms with E-state index in [0.29, 0.717) is 6.42 Å². The maximum absolute atomic E-state index is 13.8. The molecule has 2 heteroatoms. The Morgan fingerprint density at radius 1 is 1.00 bits per heavy atom. The number of rotatable bonds is 3. The predicted octanol–water partition coefficient (Wildman–Crippen LogP) is 2.54. The van der Waals surface area contributed by atoms with Crippen molar-refractivity contribution in [1.29, 1.82) is 0 Å². The Bertz CT molecular complexity index is 169. The summed E-state index contributed by atoms with van der Waals surface area (Å²) in [6.07, 6.45) is 7.56. The minimum atomic E-state index is -0.838. The van der Waals surface area contributed by atoms with Gasteiger partial charge < -0.3 is 5.73 Å². The van der Waals surface area contributed by atoms with Gasteiger partial charge in [-0.2, -0.15) is 0 Å². The van der Waals surface area contributed by atoms with Crippen molar-refractivity contribution in [3.05, 3.63) is 0 Å². The van der Waals surface area contributed by atoms with Crippen molar-refractivity contribution in [3.8, 4) is 0 Å². The van der Waals surface area contributed by atoms with E-state index in [1.165, 1.54) is 0 Å². The van der Waals surface area contributed by atoms with Crippen LogP contribution >= 0.6 is 0 Å². The molecule has 2 aliphatic rings. The van der Waals surface area contributed by atoms with Crippen LogP contribution in [0.25, 0.3) is 0 Å². The van der Waals surface area contributed by atoms with E-state index in [0.717, 1.165) is 44.9 Å². The third-order valence-electron chi connectivity index (χ3n) is 3.46. The number of halogens is 1. The Morgan fingerprint density at radius 2 is 1.58 bits per heavy atom. The minimum absolute atomic E-state index is 0.0433. The second-order valence-electron chi connectivity index (χ2n) is 4.72. The topological polar surface area (TPSA) is 26.0 Å². The maximum Gasteiger partial charge on any atom is 0.111 e. The zero-order chi connectivity index (χ0) is 8.66. The fourth-order valence-corrected chi connectivity index (χ4v) is 2.14. The first-order valence-corrected chi connectivity index (χ1v) is 5.10. The Kier molecular flexibility index (Phi) is 1.90. The Labute approximate surface area is 73.5 Å². The average Bonchev–Trinajstić information content (AvgIpc) is 2.60. The molecule has 0 unspecified atom stereocenters. The zero-order valence-corrected chi connectivity index (χ0v) is 7.61. The molecule has 0 aromatic carbocycles. The van der Waals surface area contributed by atoms with Gasteiger partial charge in [0.25, 0.3) is 0 Å². The van der Waals surface area contributed by atoms with Crippen LogP contribution in [0.1, 0.15) is 51.4 Å². The van der Waals surface area contributed by atoms with Crippen LogP contribution in [0.5, 0.6) is 0 Å². The second kappa shape index (κ2) is 2.69. The summed E-state index contributed by atoms with van der Waals surface area (Å²) >= 11 is 0. The van der Waals surface area contributed by atoms with Gasteiger partial charge >= 0.3 is 0 Å². The molecule has 2 rings (SSSR count). The van der Waals surface area contributed by atoms with Crippen molar-refractivity contribution in [3.63, 3.8) is 0 Å². The molecular weight excluding hydrogens is 153 g/mol. The van der Waals surface area contributed by atoms with E-state index in [9.17, 15) is 4.39 Å². The van der Waals surface area contributed by atoms with Gasteiger partial charge in [-0.25, -0.2) is 4.39 Å². The molecule has 1 nitrogen and oxygen atoms in total. The fraction of sp³-hybridized carbons (Fsp3) is 1.00. The number of alkyl halides is 1. The first-order chi connectivity index (χ1) is 5.62. The summed E-state index contributed by atoms with van der Waals surface area (Å²) in [4.78, 5) is 0. The number of nitrogens with two attached hydrogens (primary N) is 1. The molecule has 0 heterocycles. The minimum Gasteiger partial charge on any atom is -0.325 e. The molecule has 2 saturated carbocycles. The molecule has 0 amide bonds. The van der Waals surface area contributed by atoms with Gasteiger partial charge in [0, 0.05) is 5.54 Å². The summed E-state index contributed by atoms with van der Waals surface area (Å²) in [5, 5.41) is 0. The lowest BCUT2D eigenvalue weighted by Crippen LogP contribution is -2.27. The summed E-state index contributed by atoms with van der Waals surface area (Å²) < 4.78 is 13.8. The molecule has 0 bridgehead atoms. The van der Waals surface area contributed by atoms with Crippen LogP contribution in [0.2, 0.25) is 0 Å². The van der Waals surface area contributed by atoms with Crippen LogP contribution in [-0.2, 0) is 0 Å². The van der Waals surface area contributed by atoms with Crippen LogP contribution in [0.4, 0.5) is 4.39 Å². The van der Waals surface area contributed by atoms with Crippen LogP contribution in [-0.4, -0.2) is 11.2 Å². The number of hydrogen-bond acceptors (Lipinski definition) is 1. The molecule has 0 spiro atoms. The summed E-state index contributed by atoms with van der Waals surface area (Å²) in [7, 11) is 0. The van der Waals surface area contributed by atoms with E-state index in [-0.39, 0.29) is 5.54 Å². The first kappa shape index (κ1) is 8.49. The van der Waals surface area contributed by atoms with Gasteiger partial charge in [0.2, 0.25) is 0 Å². The van der Waals surface area contributed by atoms with Crippen molar-refractivity contribution in [2.75, 3.05) is 0 Å². The smallest absolute Gasteiger partial charge is 0.111 e. The van der Waals surface area contributed by atoms with Crippen LogP contribution in [0, 0.1) is 0 Å². The van der Waals surface area contributed by atoms with E-state index in [2.05, 4.69) is 0 Å². The first-order valence-electron chi connectivity index (χ1n) is 5.10. The fourth-order valence-electron chi connectivity index (χ4n) is 2.14. The molecule has 12 heavy (non-hydrogen) atoms. The summed E-state index contributed by atoms with van der Waals surface area (Å²) in [6.45, 7) is 0. The molecule has 0 aliphatic heterocycles. The normalized spacial score (nSPS) is 30.5. The molecule has 0 radical (unpaired) electrons. The highest BCUT2D eigenvalue weighted by atomic mass is 19.1. The van der Waals surface area contributed by atoms with Crippen LogP contribution < -0.4 is 5.73 Å². The average molecular weight is 171 g/mol. The van der Waals surface area contributed by atoms with E-state index in [1.807, 2.05) is 0 Å². The highest BCUT2D eigenvalue weighted by Gasteiger charge is 2.42. The Morgan fingerprint density at radius 3 is 2.08 bits per heavy atom. The SMILES string of the molecule is NC1(CCC2(F)CCCC2)CC1. The maximum atomic E-state index is 13.8. The lowest BCUT2D eigenvalue weighted by molar-refractivity contribution is 0.150. The van der Waals surface area contributed by atoms with Gasteiger partial charge in [0.1, 0.15) is 5.67 Å². The van der Waals surface area contributed by atoms with Crippen LogP contribution in [0.15, 0.2) is 0 Å². The molecule has 2 N–H and O–H groups in total. The number of hydrogen-bond donors (Lipinski definition) is 1. The van der Waals surface area contributed by atoms with Crippen molar-refractivity contribution in [2.24, 2.45) is 5.73 Å². The van der Waals surface area contributed by atoms with E-state index < -0.39 is 5.67 Å². The molecule has 2 fully saturated rings. The van der Waals surface area contributed by atoms with E-state index >= 15 is 0 Å². The second-order valence-corrected chi connectivity index (χ2v) is 4.72. The molecule has 70 valence electrons. The molecular formula is C10H18FN. The lowest BCUT2D eigenvalue weighted by Gasteiger charge is -2.20. The predicted molar refractivity (Wildman–Crippen MR) is 47.7 cm³/mol. The highest BCUT2D eigenvalue weighted by Crippen LogP contribution is 2.43. The standard InChI is InChI=1S/C10H18FN/c11-9(3-1-2-4-9)5-6-10(12)7-8-10/h1-8,12H2. The van der Waals surface area contributed by atoms with Crippen molar-refractivity contribution < 1.29 is 4.39 Å². The molecule has 0 aromatic heterocycles. The third-order valence-corrected chi connectivity index (χ3v) is 3.46. The van der Waals surface area contributed by atoms with Gasteiger partial charge in [-0.05, 0) is 38.5 Å². The molecule has 0 aromatic rings. The van der Waals surface area contributed by atoms with Crippen LogP contribution in [0.3, 0.4) is 0 Å². The third kappa shape index (κ3) is 1.79.